The smallest absolute Gasteiger partial charge is 0.266 e. The van der Waals surface area contributed by atoms with Crippen molar-refractivity contribution in [3.05, 3.63) is 57.0 Å². The number of aromatic amines is 1. The number of H-pyrrole nitrogens is 1. The highest BCUT2D eigenvalue weighted by molar-refractivity contribution is 7.22. The van der Waals surface area contributed by atoms with Crippen molar-refractivity contribution < 1.29 is 9.53 Å². The number of nitrogens with one attached hydrogen (secondary N) is 1. The number of nitrogens with zero attached hydrogens (tertiary/aromatic N) is 3. The highest BCUT2D eigenvalue weighted by atomic mass is 32.1. The lowest BCUT2D eigenvalue weighted by molar-refractivity contribution is -0.119. The second-order valence-corrected chi connectivity index (χ2v) is 8.78. The van der Waals surface area contributed by atoms with Crippen LogP contribution in [0.4, 0.5) is 5.13 Å². The summed E-state index contributed by atoms with van der Waals surface area (Å²) >= 11 is 1.50. The minimum Gasteiger partial charge on any atom is -0.376 e. The van der Waals surface area contributed by atoms with Gasteiger partial charge in [-0.25, -0.2) is 4.98 Å². The lowest BCUT2D eigenvalue weighted by Crippen LogP contribution is -2.37. The Morgan fingerprint density at radius 3 is 2.90 bits per heavy atom. The van der Waals surface area contributed by atoms with E-state index < -0.39 is 0 Å². The number of pyridine rings is 1. The van der Waals surface area contributed by atoms with Gasteiger partial charge in [-0.2, -0.15) is 5.26 Å². The first kappa shape index (κ1) is 21.2. The maximum absolute atomic E-state index is 13.3. The standard InChI is InChI=1S/C23H24N4O3S/c1-14-17(15(2)25-22(29)18(14)12-24)9-10-21(28)27(13-16-6-5-11-30-16)23-26-19-7-3-4-8-20(19)31-23/h3-4,7-8,16H,5-6,9-11,13H2,1-2H3,(H,25,29). The Labute approximate surface area is 184 Å². The van der Waals surface area contributed by atoms with Gasteiger partial charge in [-0.3, -0.25) is 14.5 Å². The first-order valence-electron chi connectivity index (χ1n) is 10.4. The van der Waals surface area contributed by atoms with E-state index >= 15 is 0 Å². The predicted molar refractivity (Wildman–Crippen MR) is 121 cm³/mol. The highest BCUT2D eigenvalue weighted by Gasteiger charge is 2.26. The van der Waals surface area contributed by atoms with E-state index in [2.05, 4.69) is 9.97 Å². The third-order valence-corrected chi connectivity index (χ3v) is 6.79. The molecule has 160 valence electrons. The number of rotatable bonds is 6. The van der Waals surface area contributed by atoms with Crippen LogP contribution in [0.25, 0.3) is 10.2 Å². The Balaban J connectivity index is 1.59. The molecule has 7 nitrogen and oxygen atoms in total. The fraction of sp³-hybridized carbons (Fsp3) is 0.391. The zero-order valence-corrected chi connectivity index (χ0v) is 18.4. The van der Waals surface area contributed by atoms with Crippen molar-refractivity contribution in [2.75, 3.05) is 18.1 Å². The van der Waals surface area contributed by atoms with Gasteiger partial charge in [-0.15, -0.1) is 0 Å². The van der Waals surface area contributed by atoms with Crippen LogP contribution in [0.2, 0.25) is 0 Å². The Morgan fingerprint density at radius 1 is 1.39 bits per heavy atom. The molecular weight excluding hydrogens is 412 g/mol. The van der Waals surface area contributed by atoms with Crippen molar-refractivity contribution >= 4 is 32.6 Å². The summed E-state index contributed by atoms with van der Waals surface area (Å²) in [5.74, 6) is -0.0435. The molecule has 0 aliphatic carbocycles. The van der Waals surface area contributed by atoms with E-state index in [1.165, 1.54) is 11.3 Å². The van der Waals surface area contributed by atoms with Crippen molar-refractivity contribution in [1.82, 2.24) is 9.97 Å². The van der Waals surface area contributed by atoms with Gasteiger partial charge in [0.25, 0.3) is 5.56 Å². The number of hydrogen-bond acceptors (Lipinski definition) is 6. The molecule has 1 aliphatic heterocycles. The van der Waals surface area contributed by atoms with Crippen LogP contribution in [0.3, 0.4) is 0 Å². The number of anilines is 1. The van der Waals surface area contributed by atoms with E-state index in [9.17, 15) is 14.9 Å². The highest BCUT2D eigenvalue weighted by Crippen LogP contribution is 2.30. The van der Waals surface area contributed by atoms with Gasteiger partial charge in [-0.05, 0) is 56.4 Å². The first-order valence-corrected chi connectivity index (χ1v) is 11.2. The summed E-state index contributed by atoms with van der Waals surface area (Å²) in [6, 6.07) is 9.81. The summed E-state index contributed by atoms with van der Waals surface area (Å²) in [5, 5.41) is 9.97. The van der Waals surface area contributed by atoms with Crippen molar-refractivity contribution in [2.24, 2.45) is 0 Å². The number of carbonyl (C=O) groups excluding carboxylic acids is 1. The molecule has 1 saturated heterocycles. The molecule has 1 fully saturated rings. The monoisotopic (exact) mass is 436 g/mol. The fourth-order valence-electron chi connectivity index (χ4n) is 4.04. The van der Waals surface area contributed by atoms with Gasteiger partial charge in [0.05, 0.1) is 22.9 Å². The molecule has 1 amide bonds. The number of hydrogen-bond donors (Lipinski definition) is 1. The topological polar surface area (TPSA) is 99.1 Å². The maximum atomic E-state index is 13.3. The summed E-state index contributed by atoms with van der Waals surface area (Å²) < 4.78 is 6.82. The number of fused-ring (bicyclic) bond motifs is 1. The maximum Gasteiger partial charge on any atom is 0.266 e. The van der Waals surface area contributed by atoms with Gasteiger partial charge >= 0.3 is 0 Å². The van der Waals surface area contributed by atoms with Crippen LogP contribution < -0.4 is 10.5 Å². The average Bonchev–Trinajstić information content (AvgIpc) is 3.41. The molecule has 0 saturated carbocycles. The Bertz CT molecular complexity index is 1180. The van der Waals surface area contributed by atoms with Gasteiger partial charge in [0, 0.05) is 18.7 Å². The van der Waals surface area contributed by atoms with Gasteiger partial charge in [0.1, 0.15) is 11.6 Å². The molecule has 0 bridgehead atoms. The van der Waals surface area contributed by atoms with Crippen molar-refractivity contribution in [3.8, 4) is 6.07 Å². The van der Waals surface area contributed by atoms with E-state index in [0.717, 1.165) is 35.2 Å². The minimum absolute atomic E-state index is 0.0118. The molecule has 3 heterocycles. The largest absolute Gasteiger partial charge is 0.376 e. The number of para-hydroxylation sites is 1. The minimum atomic E-state index is -0.387. The number of amides is 1. The van der Waals surface area contributed by atoms with Gasteiger partial charge in [0.15, 0.2) is 5.13 Å². The molecule has 1 atom stereocenters. The van der Waals surface area contributed by atoms with E-state index in [4.69, 9.17) is 4.74 Å². The number of nitriles is 1. The first-order chi connectivity index (χ1) is 15.0. The van der Waals surface area contributed by atoms with E-state index in [1.807, 2.05) is 30.3 Å². The van der Waals surface area contributed by atoms with E-state index in [-0.39, 0.29) is 29.6 Å². The number of ether oxygens (including phenoxy) is 1. The fourth-order valence-corrected chi connectivity index (χ4v) is 5.03. The normalized spacial score (nSPS) is 15.8. The molecule has 1 aromatic carbocycles. The molecule has 3 aromatic rings. The van der Waals surface area contributed by atoms with Gasteiger partial charge < -0.3 is 9.72 Å². The van der Waals surface area contributed by atoms with Gasteiger partial charge in [0.2, 0.25) is 5.91 Å². The average molecular weight is 437 g/mol. The van der Waals surface area contributed by atoms with Gasteiger partial charge in [-0.1, -0.05) is 23.5 Å². The molecule has 0 radical (unpaired) electrons. The zero-order valence-electron chi connectivity index (χ0n) is 17.6. The second-order valence-electron chi connectivity index (χ2n) is 7.77. The summed E-state index contributed by atoms with van der Waals surface area (Å²) in [5.41, 5.74) is 2.77. The Hall–Kier alpha value is -3.02. The van der Waals surface area contributed by atoms with Crippen LogP contribution in [0.15, 0.2) is 29.1 Å². The van der Waals surface area contributed by atoms with Crippen molar-refractivity contribution in [3.63, 3.8) is 0 Å². The Kier molecular flexibility index (Phi) is 6.16. The molecule has 4 rings (SSSR count). The molecular formula is C23H24N4O3S. The molecule has 1 unspecified atom stereocenters. The van der Waals surface area contributed by atoms with E-state index in [1.54, 1.807) is 18.7 Å². The van der Waals surface area contributed by atoms with Crippen LogP contribution in [0, 0.1) is 25.2 Å². The lowest BCUT2D eigenvalue weighted by Gasteiger charge is -2.23. The van der Waals surface area contributed by atoms with Crippen molar-refractivity contribution in [2.45, 2.75) is 45.6 Å². The zero-order chi connectivity index (χ0) is 22.0. The molecule has 2 aromatic heterocycles. The van der Waals surface area contributed by atoms with Crippen LogP contribution >= 0.6 is 11.3 Å². The quantitative estimate of drug-likeness (QED) is 0.636. The molecule has 1 N–H and O–H groups in total. The molecule has 31 heavy (non-hydrogen) atoms. The SMILES string of the molecule is Cc1[nH]c(=O)c(C#N)c(C)c1CCC(=O)N(CC1CCCO1)c1nc2ccccc2s1. The molecule has 0 spiro atoms. The predicted octanol–water partition coefficient (Wildman–Crippen LogP) is 3.62. The molecule has 1 aliphatic rings. The van der Waals surface area contributed by atoms with E-state index in [0.29, 0.717) is 29.4 Å². The summed E-state index contributed by atoms with van der Waals surface area (Å²) in [4.78, 5) is 34.5. The number of benzene rings is 1. The van der Waals surface area contributed by atoms with Crippen LogP contribution in [0.5, 0.6) is 0 Å². The third kappa shape index (κ3) is 4.38. The third-order valence-electron chi connectivity index (χ3n) is 5.73. The lowest BCUT2D eigenvalue weighted by atomic mass is 9.99. The summed E-state index contributed by atoms with van der Waals surface area (Å²) in [6.07, 6.45) is 2.63. The Morgan fingerprint density at radius 2 is 2.19 bits per heavy atom. The number of aryl methyl sites for hydroxylation is 1. The number of carbonyl (C=O) groups is 1. The summed E-state index contributed by atoms with van der Waals surface area (Å²) in [6.45, 7) is 4.76. The van der Waals surface area contributed by atoms with Crippen LogP contribution in [-0.4, -0.2) is 35.1 Å². The number of aromatic nitrogens is 2. The van der Waals surface area contributed by atoms with Crippen molar-refractivity contribution in [1.29, 1.82) is 5.26 Å². The second kappa shape index (κ2) is 9.00. The van der Waals surface area contributed by atoms with Crippen LogP contribution in [0.1, 0.15) is 41.6 Å². The summed E-state index contributed by atoms with van der Waals surface area (Å²) in [7, 11) is 0. The van der Waals surface area contributed by atoms with Crippen LogP contribution in [-0.2, 0) is 16.0 Å². The molecule has 8 heteroatoms. The number of thiazole rings is 1.